The lowest BCUT2D eigenvalue weighted by molar-refractivity contribution is -0.117. The zero-order chi connectivity index (χ0) is 19.8. The third-order valence-corrected chi connectivity index (χ3v) is 5.88. The van der Waals surface area contributed by atoms with Crippen LogP contribution in [0.1, 0.15) is 18.1 Å². The summed E-state index contributed by atoms with van der Waals surface area (Å²) in [5.41, 5.74) is 3.19. The normalized spacial score (nSPS) is 16.1. The van der Waals surface area contributed by atoms with E-state index in [2.05, 4.69) is 0 Å². The minimum atomic E-state index is -3.68. The van der Waals surface area contributed by atoms with Gasteiger partial charge in [0.15, 0.2) is 0 Å². The number of sulfonamides is 1. The first-order valence-electron chi connectivity index (χ1n) is 8.74. The van der Waals surface area contributed by atoms with Crippen LogP contribution in [0.2, 0.25) is 0 Å². The molecule has 7 heteroatoms. The molecule has 0 aromatic heterocycles. The number of rotatable bonds is 5. The highest BCUT2D eigenvalue weighted by Crippen LogP contribution is 2.34. The highest BCUT2D eigenvalue weighted by molar-refractivity contribution is 7.92. The zero-order valence-electron chi connectivity index (χ0n) is 16.0. The topological polar surface area (TPSA) is 66.9 Å². The molecule has 1 aliphatic rings. The van der Waals surface area contributed by atoms with Crippen LogP contribution in [0.3, 0.4) is 0 Å². The lowest BCUT2D eigenvalue weighted by atomic mass is 10.1. The van der Waals surface area contributed by atoms with Crippen LogP contribution in [0.25, 0.3) is 0 Å². The van der Waals surface area contributed by atoms with E-state index in [1.165, 1.54) is 7.11 Å². The van der Waals surface area contributed by atoms with Gasteiger partial charge in [0.25, 0.3) is 0 Å². The summed E-state index contributed by atoms with van der Waals surface area (Å²) in [6.45, 7) is 3.55. The van der Waals surface area contributed by atoms with Crippen molar-refractivity contribution in [2.75, 3.05) is 29.1 Å². The Bertz CT molecular complexity index is 972. The molecule has 1 aliphatic heterocycles. The van der Waals surface area contributed by atoms with Crippen LogP contribution in [0.5, 0.6) is 5.75 Å². The number of nitrogens with zero attached hydrogens (tertiary/aromatic N) is 2. The molecule has 1 amide bonds. The number of carbonyl (C=O) groups is 1. The Balaban J connectivity index is 1.98. The predicted molar refractivity (Wildman–Crippen MR) is 107 cm³/mol. The van der Waals surface area contributed by atoms with E-state index < -0.39 is 10.0 Å². The lowest BCUT2D eigenvalue weighted by Crippen LogP contribution is -2.45. The number of carbonyl (C=O) groups excluding carboxylic acids is 1. The van der Waals surface area contributed by atoms with E-state index in [1.807, 2.05) is 44.2 Å². The molecule has 0 bridgehead atoms. The number of hydrogen-bond acceptors (Lipinski definition) is 4. The number of fused-ring (bicyclic) bond motifs is 1. The van der Waals surface area contributed by atoms with Crippen molar-refractivity contribution in [2.45, 2.75) is 26.3 Å². The summed E-state index contributed by atoms with van der Waals surface area (Å²) < 4.78 is 31.4. The highest BCUT2D eigenvalue weighted by atomic mass is 32.2. The van der Waals surface area contributed by atoms with Gasteiger partial charge in [-0.1, -0.05) is 24.3 Å². The van der Waals surface area contributed by atoms with Crippen molar-refractivity contribution in [3.8, 4) is 5.75 Å². The number of amides is 1. The third kappa shape index (κ3) is 3.78. The van der Waals surface area contributed by atoms with Crippen molar-refractivity contribution in [2.24, 2.45) is 0 Å². The molecule has 3 rings (SSSR count). The fourth-order valence-corrected chi connectivity index (χ4v) is 4.37. The quantitative estimate of drug-likeness (QED) is 0.790. The van der Waals surface area contributed by atoms with E-state index in [0.29, 0.717) is 11.4 Å². The fraction of sp³-hybridized carbons (Fsp3) is 0.350. The fourth-order valence-electron chi connectivity index (χ4n) is 3.52. The molecule has 0 saturated heterocycles. The first-order valence-corrected chi connectivity index (χ1v) is 10.6. The van der Waals surface area contributed by atoms with E-state index >= 15 is 0 Å². The summed E-state index contributed by atoms with van der Waals surface area (Å²) in [5, 5.41) is 0. The molecule has 2 aromatic carbocycles. The Morgan fingerprint density at radius 1 is 1.26 bits per heavy atom. The standard InChI is InChI=1S/C20H24N2O4S/c1-14-9-10-19(26-3)18(11-14)21(27(4,24)25)13-20(23)22-15(2)12-16-7-5-6-8-17(16)22/h5-11,15H,12-13H2,1-4H3. The largest absolute Gasteiger partial charge is 0.495 e. The number of ether oxygens (including phenoxy) is 1. The monoisotopic (exact) mass is 388 g/mol. The van der Waals surface area contributed by atoms with Gasteiger partial charge in [-0.15, -0.1) is 0 Å². The molecule has 144 valence electrons. The molecule has 0 aliphatic carbocycles. The van der Waals surface area contributed by atoms with Gasteiger partial charge in [-0.05, 0) is 49.6 Å². The molecule has 2 aromatic rings. The summed E-state index contributed by atoms with van der Waals surface area (Å²) in [7, 11) is -2.20. The van der Waals surface area contributed by atoms with E-state index in [9.17, 15) is 13.2 Å². The minimum absolute atomic E-state index is 0.0179. The van der Waals surface area contributed by atoms with E-state index in [0.717, 1.165) is 33.8 Å². The van der Waals surface area contributed by atoms with E-state index in [1.54, 1.807) is 17.0 Å². The van der Waals surface area contributed by atoms with Crippen molar-refractivity contribution >= 4 is 27.3 Å². The summed E-state index contributed by atoms with van der Waals surface area (Å²) in [4.78, 5) is 14.8. The summed E-state index contributed by atoms with van der Waals surface area (Å²) in [5.74, 6) is 0.148. The molecule has 6 nitrogen and oxygen atoms in total. The van der Waals surface area contributed by atoms with Crippen LogP contribution in [0.15, 0.2) is 42.5 Å². The van der Waals surface area contributed by atoms with Gasteiger partial charge >= 0.3 is 0 Å². The van der Waals surface area contributed by atoms with Crippen molar-refractivity contribution in [1.82, 2.24) is 0 Å². The van der Waals surface area contributed by atoms with Crippen LogP contribution in [-0.2, 0) is 21.2 Å². The summed E-state index contributed by atoms with van der Waals surface area (Å²) in [6.07, 6.45) is 1.86. The molecule has 0 N–H and O–H groups in total. The number of benzene rings is 2. The van der Waals surface area contributed by atoms with Crippen molar-refractivity contribution in [3.05, 3.63) is 53.6 Å². The first-order chi connectivity index (χ1) is 12.7. The van der Waals surface area contributed by atoms with Gasteiger partial charge < -0.3 is 9.64 Å². The minimum Gasteiger partial charge on any atom is -0.495 e. The molecule has 0 fully saturated rings. The van der Waals surface area contributed by atoms with Crippen LogP contribution < -0.4 is 13.9 Å². The zero-order valence-corrected chi connectivity index (χ0v) is 16.8. The number of aryl methyl sites for hydroxylation is 1. The van der Waals surface area contributed by atoms with Crippen LogP contribution in [-0.4, -0.2) is 40.3 Å². The smallest absolute Gasteiger partial charge is 0.248 e. The van der Waals surface area contributed by atoms with Crippen LogP contribution in [0.4, 0.5) is 11.4 Å². The first kappa shape index (κ1) is 19.2. The molecular weight excluding hydrogens is 364 g/mol. The predicted octanol–water partition coefficient (Wildman–Crippen LogP) is 2.75. The van der Waals surface area contributed by atoms with Crippen molar-refractivity contribution < 1.29 is 17.9 Å². The Labute approximate surface area is 160 Å². The second-order valence-corrected chi connectivity index (χ2v) is 8.80. The highest BCUT2D eigenvalue weighted by Gasteiger charge is 2.33. The molecule has 1 unspecified atom stereocenters. The van der Waals surface area contributed by atoms with Crippen molar-refractivity contribution in [1.29, 1.82) is 0 Å². The average Bonchev–Trinajstić information content (AvgIpc) is 2.94. The van der Waals surface area contributed by atoms with Gasteiger partial charge in [0.1, 0.15) is 12.3 Å². The van der Waals surface area contributed by atoms with E-state index in [-0.39, 0.29) is 18.5 Å². The molecule has 0 radical (unpaired) electrons. The Hall–Kier alpha value is -2.54. The second kappa shape index (κ2) is 7.23. The Morgan fingerprint density at radius 3 is 2.63 bits per heavy atom. The number of para-hydroxylation sites is 1. The van der Waals surface area contributed by atoms with Gasteiger partial charge in [0, 0.05) is 11.7 Å². The van der Waals surface area contributed by atoms with Gasteiger partial charge in [0.05, 0.1) is 19.1 Å². The SMILES string of the molecule is COc1ccc(C)cc1N(CC(=O)N1c2ccccc2CC1C)S(C)(=O)=O. The second-order valence-electron chi connectivity index (χ2n) is 6.89. The maximum Gasteiger partial charge on any atom is 0.248 e. The Morgan fingerprint density at radius 2 is 1.96 bits per heavy atom. The Kier molecular flexibility index (Phi) is 5.15. The lowest BCUT2D eigenvalue weighted by Gasteiger charge is -2.28. The number of methoxy groups -OCH3 is 1. The maximum absolute atomic E-state index is 13.1. The molecule has 1 heterocycles. The van der Waals surface area contributed by atoms with Crippen LogP contribution in [0, 0.1) is 6.92 Å². The molecule has 1 atom stereocenters. The molecule has 27 heavy (non-hydrogen) atoms. The summed E-state index contributed by atoms with van der Waals surface area (Å²) >= 11 is 0. The molecule has 0 spiro atoms. The summed E-state index contributed by atoms with van der Waals surface area (Å²) in [6, 6.07) is 13.0. The van der Waals surface area contributed by atoms with Gasteiger partial charge in [-0.25, -0.2) is 8.42 Å². The third-order valence-electron chi connectivity index (χ3n) is 4.76. The van der Waals surface area contributed by atoms with Gasteiger partial charge in [0.2, 0.25) is 15.9 Å². The maximum atomic E-state index is 13.1. The molecular formula is C20H24N2O4S. The number of hydrogen-bond donors (Lipinski definition) is 0. The average molecular weight is 388 g/mol. The van der Waals surface area contributed by atoms with E-state index in [4.69, 9.17) is 4.74 Å². The van der Waals surface area contributed by atoms with Gasteiger partial charge in [-0.2, -0.15) is 0 Å². The van der Waals surface area contributed by atoms with Crippen LogP contribution >= 0.6 is 0 Å². The van der Waals surface area contributed by atoms with Crippen molar-refractivity contribution in [3.63, 3.8) is 0 Å². The van der Waals surface area contributed by atoms with Gasteiger partial charge in [-0.3, -0.25) is 9.10 Å². The molecule has 0 saturated carbocycles. The number of anilines is 2.